The highest BCUT2D eigenvalue weighted by molar-refractivity contribution is 5.40. The first-order valence-electron chi connectivity index (χ1n) is 7.87. The van der Waals surface area contributed by atoms with Crippen molar-refractivity contribution in [3.63, 3.8) is 0 Å². The van der Waals surface area contributed by atoms with E-state index in [4.69, 9.17) is 19.9 Å². The monoisotopic (exact) mass is 315 g/mol. The third-order valence-electron chi connectivity index (χ3n) is 3.63. The van der Waals surface area contributed by atoms with E-state index in [9.17, 15) is 0 Å². The molecule has 4 nitrogen and oxygen atoms in total. The number of para-hydroxylation sites is 1. The van der Waals surface area contributed by atoms with Crippen molar-refractivity contribution in [3.05, 3.63) is 53.6 Å². The molecule has 0 heterocycles. The molecule has 2 N–H and O–H groups in total. The van der Waals surface area contributed by atoms with Crippen molar-refractivity contribution in [3.8, 4) is 17.2 Å². The van der Waals surface area contributed by atoms with Crippen LogP contribution in [-0.4, -0.2) is 20.3 Å². The van der Waals surface area contributed by atoms with Gasteiger partial charge in [-0.3, -0.25) is 0 Å². The van der Waals surface area contributed by atoms with Gasteiger partial charge in [-0.05, 0) is 23.6 Å². The van der Waals surface area contributed by atoms with Crippen molar-refractivity contribution in [1.82, 2.24) is 0 Å². The van der Waals surface area contributed by atoms with Crippen molar-refractivity contribution in [1.29, 1.82) is 0 Å². The predicted molar refractivity (Wildman–Crippen MR) is 92.4 cm³/mol. The van der Waals surface area contributed by atoms with Gasteiger partial charge in [0, 0.05) is 18.2 Å². The standard InChI is InChI=1S/C19H25NO3/c1-14(2)17-6-4-5-7-18(17)22-10-11-23-19-12-16(21-3)9-8-15(19)13-20/h4-9,12,14H,10-11,13,20H2,1-3H3. The summed E-state index contributed by atoms with van der Waals surface area (Å²) in [5, 5.41) is 0. The van der Waals surface area contributed by atoms with Gasteiger partial charge in [-0.25, -0.2) is 0 Å². The van der Waals surface area contributed by atoms with Crippen LogP contribution in [0.3, 0.4) is 0 Å². The molecule has 2 rings (SSSR count). The van der Waals surface area contributed by atoms with Gasteiger partial charge >= 0.3 is 0 Å². The van der Waals surface area contributed by atoms with Crippen LogP contribution in [0.25, 0.3) is 0 Å². The Morgan fingerprint density at radius 1 is 0.957 bits per heavy atom. The van der Waals surface area contributed by atoms with E-state index in [0.29, 0.717) is 25.7 Å². The maximum Gasteiger partial charge on any atom is 0.127 e. The first-order valence-corrected chi connectivity index (χ1v) is 7.87. The molecule has 0 atom stereocenters. The fourth-order valence-corrected chi connectivity index (χ4v) is 2.36. The fraction of sp³-hybridized carbons (Fsp3) is 0.368. The minimum Gasteiger partial charge on any atom is -0.497 e. The molecule has 0 saturated heterocycles. The molecule has 0 aliphatic rings. The van der Waals surface area contributed by atoms with Crippen molar-refractivity contribution >= 4 is 0 Å². The maximum atomic E-state index is 5.86. The third-order valence-corrected chi connectivity index (χ3v) is 3.63. The van der Waals surface area contributed by atoms with E-state index in [1.165, 1.54) is 5.56 Å². The lowest BCUT2D eigenvalue weighted by Gasteiger charge is -2.15. The third kappa shape index (κ3) is 4.63. The molecule has 2 aromatic rings. The van der Waals surface area contributed by atoms with Crippen LogP contribution in [-0.2, 0) is 6.54 Å². The van der Waals surface area contributed by atoms with Gasteiger partial charge in [-0.1, -0.05) is 38.1 Å². The molecule has 0 aromatic heterocycles. The Morgan fingerprint density at radius 2 is 1.65 bits per heavy atom. The lowest BCUT2D eigenvalue weighted by atomic mass is 10.0. The highest BCUT2D eigenvalue weighted by atomic mass is 16.5. The minimum atomic E-state index is 0.425. The number of ether oxygens (including phenoxy) is 3. The van der Waals surface area contributed by atoms with Crippen LogP contribution in [0, 0.1) is 0 Å². The van der Waals surface area contributed by atoms with E-state index in [2.05, 4.69) is 19.9 Å². The predicted octanol–water partition coefficient (Wildman–Crippen LogP) is 3.74. The molecule has 0 saturated carbocycles. The molecule has 124 valence electrons. The largest absolute Gasteiger partial charge is 0.497 e. The molecule has 0 bridgehead atoms. The second kappa shape index (κ2) is 8.44. The van der Waals surface area contributed by atoms with Gasteiger partial charge in [-0.15, -0.1) is 0 Å². The summed E-state index contributed by atoms with van der Waals surface area (Å²) in [4.78, 5) is 0. The Morgan fingerprint density at radius 3 is 2.30 bits per heavy atom. The average molecular weight is 315 g/mol. The van der Waals surface area contributed by atoms with Gasteiger partial charge in [0.15, 0.2) is 0 Å². The summed E-state index contributed by atoms with van der Waals surface area (Å²) in [5.41, 5.74) is 7.90. The smallest absolute Gasteiger partial charge is 0.127 e. The maximum absolute atomic E-state index is 5.86. The Kier molecular flexibility index (Phi) is 6.29. The summed E-state index contributed by atoms with van der Waals surface area (Å²) >= 11 is 0. The van der Waals surface area contributed by atoms with Crippen LogP contribution in [0.1, 0.15) is 30.9 Å². The van der Waals surface area contributed by atoms with Crippen LogP contribution < -0.4 is 19.9 Å². The summed E-state index contributed by atoms with van der Waals surface area (Å²) in [7, 11) is 1.63. The number of methoxy groups -OCH3 is 1. The molecule has 0 radical (unpaired) electrons. The summed E-state index contributed by atoms with van der Waals surface area (Å²) < 4.78 is 16.9. The van der Waals surface area contributed by atoms with Gasteiger partial charge in [0.2, 0.25) is 0 Å². The lowest BCUT2D eigenvalue weighted by Crippen LogP contribution is -2.12. The Balaban J connectivity index is 1.93. The Hall–Kier alpha value is -2.20. The summed E-state index contributed by atoms with van der Waals surface area (Å²) in [5.74, 6) is 2.83. The zero-order valence-corrected chi connectivity index (χ0v) is 14.0. The van der Waals surface area contributed by atoms with E-state index >= 15 is 0 Å². The Labute approximate surface area is 138 Å². The average Bonchev–Trinajstić information content (AvgIpc) is 2.58. The molecule has 0 aliphatic carbocycles. The van der Waals surface area contributed by atoms with Crippen LogP contribution >= 0.6 is 0 Å². The zero-order chi connectivity index (χ0) is 16.7. The van der Waals surface area contributed by atoms with E-state index in [1.807, 2.05) is 36.4 Å². The normalized spacial score (nSPS) is 10.7. The van der Waals surface area contributed by atoms with Crippen molar-refractivity contribution in [2.75, 3.05) is 20.3 Å². The van der Waals surface area contributed by atoms with Crippen LogP contribution in [0.4, 0.5) is 0 Å². The summed E-state index contributed by atoms with van der Waals surface area (Å²) in [6.07, 6.45) is 0. The molecule has 4 heteroatoms. The highest BCUT2D eigenvalue weighted by Gasteiger charge is 2.08. The lowest BCUT2D eigenvalue weighted by molar-refractivity contribution is 0.214. The quantitative estimate of drug-likeness (QED) is 0.754. The van der Waals surface area contributed by atoms with Crippen molar-refractivity contribution in [2.45, 2.75) is 26.3 Å². The van der Waals surface area contributed by atoms with Gasteiger partial charge < -0.3 is 19.9 Å². The zero-order valence-electron chi connectivity index (χ0n) is 14.0. The summed E-state index contributed by atoms with van der Waals surface area (Å²) in [6.45, 7) is 5.67. The molecule has 2 aromatic carbocycles. The van der Waals surface area contributed by atoms with Gasteiger partial charge in [0.25, 0.3) is 0 Å². The number of nitrogens with two attached hydrogens (primary N) is 1. The first-order chi connectivity index (χ1) is 11.2. The second-order valence-corrected chi connectivity index (χ2v) is 5.57. The van der Waals surface area contributed by atoms with Crippen LogP contribution in [0.5, 0.6) is 17.2 Å². The molecule has 0 spiro atoms. The molecule has 0 amide bonds. The number of hydrogen-bond donors (Lipinski definition) is 1. The van der Waals surface area contributed by atoms with Gasteiger partial charge in [0.05, 0.1) is 7.11 Å². The number of rotatable bonds is 8. The molecule has 0 fully saturated rings. The SMILES string of the molecule is COc1ccc(CN)c(OCCOc2ccccc2C(C)C)c1. The van der Waals surface area contributed by atoms with Crippen LogP contribution in [0.15, 0.2) is 42.5 Å². The first kappa shape index (κ1) is 17.2. The number of hydrogen-bond acceptors (Lipinski definition) is 4. The second-order valence-electron chi connectivity index (χ2n) is 5.57. The molecular formula is C19H25NO3. The topological polar surface area (TPSA) is 53.7 Å². The number of benzene rings is 2. The molecule has 23 heavy (non-hydrogen) atoms. The van der Waals surface area contributed by atoms with Gasteiger partial charge in [-0.2, -0.15) is 0 Å². The minimum absolute atomic E-state index is 0.425. The molecular weight excluding hydrogens is 290 g/mol. The summed E-state index contributed by atoms with van der Waals surface area (Å²) in [6, 6.07) is 13.7. The van der Waals surface area contributed by atoms with Crippen molar-refractivity contribution < 1.29 is 14.2 Å². The fourth-order valence-electron chi connectivity index (χ4n) is 2.36. The van der Waals surface area contributed by atoms with E-state index < -0.39 is 0 Å². The van der Waals surface area contributed by atoms with Crippen LogP contribution in [0.2, 0.25) is 0 Å². The Bertz CT molecular complexity index is 626. The van der Waals surface area contributed by atoms with E-state index in [-0.39, 0.29) is 0 Å². The van der Waals surface area contributed by atoms with E-state index in [1.54, 1.807) is 7.11 Å². The van der Waals surface area contributed by atoms with E-state index in [0.717, 1.165) is 22.8 Å². The molecule has 0 unspecified atom stereocenters. The van der Waals surface area contributed by atoms with Gasteiger partial charge in [0.1, 0.15) is 30.5 Å². The highest BCUT2D eigenvalue weighted by Crippen LogP contribution is 2.26. The van der Waals surface area contributed by atoms with Crippen molar-refractivity contribution in [2.24, 2.45) is 5.73 Å². The molecule has 0 aliphatic heterocycles.